The molecule has 0 aliphatic rings. The Morgan fingerprint density at radius 2 is 2.38 bits per heavy atom. The Bertz CT molecular complexity index is 493. The Hall–Kier alpha value is -1.91. The van der Waals surface area contributed by atoms with Crippen molar-refractivity contribution in [1.82, 2.24) is 14.4 Å². The van der Waals surface area contributed by atoms with Crippen LogP contribution in [0.2, 0.25) is 0 Å². The van der Waals surface area contributed by atoms with E-state index >= 15 is 0 Å². The number of unbranched alkanes of at least 4 members (excludes halogenated alkanes) is 1. The Balaban J connectivity index is 2.10. The maximum Gasteiger partial charge on any atom is 0.358 e. The summed E-state index contributed by atoms with van der Waals surface area (Å²) < 4.78 is 6.80. The van der Waals surface area contributed by atoms with Crippen molar-refractivity contribution in [2.75, 3.05) is 6.61 Å². The van der Waals surface area contributed by atoms with Gasteiger partial charge >= 0.3 is 5.97 Å². The molecule has 0 fully saturated rings. The summed E-state index contributed by atoms with van der Waals surface area (Å²) in [4.78, 5) is 19.6. The van der Waals surface area contributed by atoms with Gasteiger partial charge in [-0.15, -0.1) is 0 Å². The molecule has 0 spiro atoms. The summed E-state index contributed by atoms with van der Waals surface area (Å²) in [5.74, 6) is -0.385. The zero-order valence-electron chi connectivity index (χ0n) is 9.09. The van der Waals surface area contributed by atoms with Crippen molar-refractivity contribution in [3.63, 3.8) is 0 Å². The van der Waals surface area contributed by atoms with Gasteiger partial charge in [0.1, 0.15) is 0 Å². The van der Waals surface area contributed by atoms with Crippen LogP contribution >= 0.6 is 0 Å². The van der Waals surface area contributed by atoms with E-state index in [0.717, 1.165) is 12.8 Å². The maximum atomic E-state index is 11.6. The van der Waals surface area contributed by atoms with Crippen LogP contribution in [0.3, 0.4) is 0 Å². The van der Waals surface area contributed by atoms with E-state index in [9.17, 15) is 4.79 Å². The Labute approximate surface area is 93.1 Å². The summed E-state index contributed by atoms with van der Waals surface area (Å²) in [5, 5.41) is 0. The van der Waals surface area contributed by atoms with Crippen LogP contribution in [0, 0.1) is 0 Å². The van der Waals surface area contributed by atoms with Gasteiger partial charge in [-0.3, -0.25) is 0 Å². The highest BCUT2D eigenvalue weighted by Gasteiger charge is 2.09. The number of rotatable bonds is 4. The summed E-state index contributed by atoms with van der Waals surface area (Å²) in [6, 6.07) is 0. The Morgan fingerprint density at radius 1 is 1.50 bits per heavy atom. The fourth-order valence-corrected chi connectivity index (χ4v) is 1.31. The molecule has 0 amide bonds. The Morgan fingerprint density at radius 3 is 3.19 bits per heavy atom. The molecule has 0 atom stereocenters. The van der Waals surface area contributed by atoms with Gasteiger partial charge in [0.05, 0.1) is 12.8 Å². The predicted molar refractivity (Wildman–Crippen MR) is 58.2 cm³/mol. The summed E-state index contributed by atoms with van der Waals surface area (Å²) in [6.07, 6.45) is 8.47. The molecule has 0 saturated carbocycles. The first-order chi connectivity index (χ1) is 7.81. The quantitative estimate of drug-likeness (QED) is 0.580. The van der Waals surface area contributed by atoms with E-state index in [1.165, 1.54) is 0 Å². The second kappa shape index (κ2) is 4.74. The fourth-order valence-electron chi connectivity index (χ4n) is 1.31. The smallest absolute Gasteiger partial charge is 0.358 e. The number of aromatic nitrogens is 3. The van der Waals surface area contributed by atoms with Crippen molar-refractivity contribution in [2.45, 2.75) is 19.8 Å². The summed E-state index contributed by atoms with van der Waals surface area (Å²) in [7, 11) is 0. The van der Waals surface area contributed by atoms with Crippen LogP contribution in [0.1, 0.15) is 30.3 Å². The normalized spacial score (nSPS) is 10.6. The molecule has 0 aliphatic carbocycles. The van der Waals surface area contributed by atoms with Crippen molar-refractivity contribution in [2.24, 2.45) is 0 Å². The van der Waals surface area contributed by atoms with Crippen LogP contribution in [-0.4, -0.2) is 26.9 Å². The molecular formula is C11H13N3O2. The van der Waals surface area contributed by atoms with Gasteiger partial charge in [-0.25, -0.2) is 14.8 Å². The van der Waals surface area contributed by atoms with Crippen molar-refractivity contribution in [1.29, 1.82) is 0 Å². The lowest BCUT2D eigenvalue weighted by molar-refractivity contribution is 0.0492. The summed E-state index contributed by atoms with van der Waals surface area (Å²) >= 11 is 0. The van der Waals surface area contributed by atoms with E-state index in [2.05, 4.69) is 9.97 Å². The molecule has 5 heteroatoms. The number of hydrogen-bond donors (Lipinski definition) is 0. The SMILES string of the molecule is CCCCOC(=O)c1cn2ccnc2cn1. The first kappa shape index (κ1) is 10.6. The molecule has 2 aromatic rings. The van der Waals surface area contributed by atoms with Crippen LogP contribution in [0.15, 0.2) is 24.8 Å². The van der Waals surface area contributed by atoms with Gasteiger partial charge in [0.15, 0.2) is 11.3 Å². The van der Waals surface area contributed by atoms with Gasteiger partial charge in [-0.05, 0) is 6.42 Å². The summed E-state index contributed by atoms with van der Waals surface area (Å²) in [6.45, 7) is 2.49. The van der Waals surface area contributed by atoms with Crippen molar-refractivity contribution < 1.29 is 9.53 Å². The van der Waals surface area contributed by atoms with E-state index in [0.29, 0.717) is 17.9 Å². The molecular weight excluding hydrogens is 206 g/mol. The minimum absolute atomic E-state index is 0.307. The lowest BCUT2D eigenvalue weighted by Crippen LogP contribution is -2.09. The van der Waals surface area contributed by atoms with Crippen LogP contribution < -0.4 is 0 Å². The number of carbonyl (C=O) groups excluding carboxylic acids is 1. The minimum atomic E-state index is -0.385. The van der Waals surface area contributed by atoms with Crippen molar-refractivity contribution in [3.05, 3.63) is 30.5 Å². The largest absolute Gasteiger partial charge is 0.461 e. The zero-order valence-corrected chi connectivity index (χ0v) is 9.09. The number of nitrogens with zero attached hydrogens (tertiary/aromatic N) is 3. The Kier molecular flexibility index (Phi) is 3.14. The first-order valence-corrected chi connectivity index (χ1v) is 5.27. The predicted octanol–water partition coefficient (Wildman–Crippen LogP) is 1.69. The molecule has 0 unspecified atom stereocenters. The topological polar surface area (TPSA) is 56.5 Å². The van der Waals surface area contributed by atoms with Gasteiger partial charge < -0.3 is 9.14 Å². The molecule has 0 bridgehead atoms. The third-order valence-corrected chi connectivity index (χ3v) is 2.22. The molecule has 2 aromatic heterocycles. The molecule has 2 heterocycles. The standard InChI is InChI=1S/C11H13N3O2/c1-2-3-6-16-11(15)9-8-14-5-4-12-10(14)7-13-9/h4-5,7-8H,2-3,6H2,1H3. The number of hydrogen-bond acceptors (Lipinski definition) is 4. The van der Waals surface area contributed by atoms with E-state index in [4.69, 9.17) is 4.74 Å². The van der Waals surface area contributed by atoms with Crippen LogP contribution in [0.5, 0.6) is 0 Å². The minimum Gasteiger partial charge on any atom is -0.461 e. The van der Waals surface area contributed by atoms with Gasteiger partial charge in [0, 0.05) is 18.6 Å². The molecule has 0 N–H and O–H groups in total. The average molecular weight is 219 g/mol. The highest BCUT2D eigenvalue weighted by atomic mass is 16.5. The second-order valence-electron chi connectivity index (χ2n) is 3.45. The molecule has 84 valence electrons. The molecule has 16 heavy (non-hydrogen) atoms. The average Bonchev–Trinajstić information content (AvgIpc) is 2.76. The van der Waals surface area contributed by atoms with Gasteiger partial charge in [-0.1, -0.05) is 13.3 Å². The van der Waals surface area contributed by atoms with Gasteiger partial charge in [0.25, 0.3) is 0 Å². The maximum absolute atomic E-state index is 11.6. The second-order valence-corrected chi connectivity index (χ2v) is 3.45. The number of fused-ring (bicyclic) bond motifs is 1. The third-order valence-electron chi connectivity index (χ3n) is 2.22. The molecule has 0 radical (unpaired) electrons. The fraction of sp³-hybridized carbons (Fsp3) is 0.364. The van der Waals surface area contributed by atoms with Crippen LogP contribution in [-0.2, 0) is 4.74 Å². The molecule has 0 aromatic carbocycles. The highest BCUT2D eigenvalue weighted by Crippen LogP contribution is 2.03. The van der Waals surface area contributed by atoms with Gasteiger partial charge in [-0.2, -0.15) is 0 Å². The van der Waals surface area contributed by atoms with E-state index in [1.54, 1.807) is 29.2 Å². The first-order valence-electron chi connectivity index (χ1n) is 5.27. The third kappa shape index (κ3) is 2.18. The monoisotopic (exact) mass is 219 g/mol. The lowest BCUT2D eigenvalue weighted by atomic mass is 10.3. The molecule has 5 nitrogen and oxygen atoms in total. The molecule has 0 aliphatic heterocycles. The van der Waals surface area contributed by atoms with Crippen LogP contribution in [0.25, 0.3) is 5.65 Å². The van der Waals surface area contributed by atoms with E-state index in [-0.39, 0.29) is 5.97 Å². The summed E-state index contributed by atoms with van der Waals surface area (Å²) in [5.41, 5.74) is 1.02. The molecule has 2 rings (SSSR count). The van der Waals surface area contributed by atoms with Crippen molar-refractivity contribution in [3.8, 4) is 0 Å². The number of esters is 1. The van der Waals surface area contributed by atoms with E-state index in [1.807, 2.05) is 6.92 Å². The number of carbonyl (C=O) groups is 1. The highest BCUT2D eigenvalue weighted by molar-refractivity contribution is 5.87. The van der Waals surface area contributed by atoms with E-state index < -0.39 is 0 Å². The number of imidazole rings is 1. The zero-order chi connectivity index (χ0) is 11.4. The van der Waals surface area contributed by atoms with Crippen molar-refractivity contribution >= 4 is 11.6 Å². The van der Waals surface area contributed by atoms with Crippen LogP contribution in [0.4, 0.5) is 0 Å². The molecule has 0 saturated heterocycles. The lowest BCUT2D eigenvalue weighted by Gasteiger charge is -2.03. The number of ether oxygens (including phenoxy) is 1. The van der Waals surface area contributed by atoms with Gasteiger partial charge in [0.2, 0.25) is 0 Å².